The lowest BCUT2D eigenvalue weighted by atomic mass is 10.1. The van der Waals surface area contributed by atoms with Crippen LogP contribution in [0.1, 0.15) is 11.7 Å². The highest BCUT2D eigenvalue weighted by Crippen LogP contribution is 2.33. The van der Waals surface area contributed by atoms with Crippen molar-refractivity contribution in [3.05, 3.63) is 29.8 Å². The molecule has 1 rings (SSSR count). The highest BCUT2D eigenvalue weighted by Gasteiger charge is 2.39. The minimum atomic E-state index is -4.91. The van der Waals surface area contributed by atoms with Crippen molar-refractivity contribution < 1.29 is 36.2 Å². The molecule has 1 aromatic rings. The van der Waals surface area contributed by atoms with Gasteiger partial charge in [0.05, 0.1) is 0 Å². The van der Waals surface area contributed by atoms with Gasteiger partial charge in [-0.05, 0) is 17.7 Å². The van der Waals surface area contributed by atoms with Crippen LogP contribution in [0, 0.1) is 0 Å². The van der Waals surface area contributed by atoms with Gasteiger partial charge in [-0.2, -0.15) is 13.2 Å². The van der Waals surface area contributed by atoms with Gasteiger partial charge in [0.25, 0.3) is 0 Å². The first kappa shape index (κ1) is 13.6. The first-order valence-corrected chi connectivity index (χ1v) is 4.20. The molecule has 0 fully saturated rings. The Hall–Kier alpha value is -1.44. The van der Waals surface area contributed by atoms with Crippen molar-refractivity contribution in [2.24, 2.45) is 0 Å². The van der Waals surface area contributed by atoms with Gasteiger partial charge in [0, 0.05) is 0 Å². The minimum Gasteiger partial charge on any atom is -0.406 e. The topological polar surface area (TPSA) is 29.5 Å². The van der Waals surface area contributed by atoms with Crippen molar-refractivity contribution in [3.63, 3.8) is 0 Å². The zero-order valence-corrected chi connectivity index (χ0v) is 8.01. The molecule has 8 heteroatoms. The lowest BCUT2D eigenvalue weighted by Crippen LogP contribution is -2.20. The second-order valence-electron chi connectivity index (χ2n) is 3.06. The van der Waals surface area contributed by atoms with E-state index in [1.54, 1.807) is 0 Å². The third kappa shape index (κ3) is 4.14. The van der Waals surface area contributed by atoms with Crippen LogP contribution in [-0.2, 0) is 0 Å². The molecule has 1 atom stereocenters. The van der Waals surface area contributed by atoms with Crippen LogP contribution >= 0.6 is 0 Å². The Bertz CT molecular complexity index is 367. The zero-order chi connectivity index (χ0) is 13.3. The number of hydrogen-bond acceptors (Lipinski definition) is 2. The van der Waals surface area contributed by atoms with Gasteiger partial charge in [0.2, 0.25) is 0 Å². The van der Waals surface area contributed by atoms with Gasteiger partial charge < -0.3 is 9.84 Å². The van der Waals surface area contributed by atoms with Crippen LogP contribution in [-0.4, -0.2) is 17.6 Å². The zero-order valence-electron chi connectivity index (χ0n) is 8.01. The summed E-state index contributed by atoms with van der Waals surface area (Å²) < 4.78 is 74.8. The predicted octanol–water partition coefficient (Wildman–Crippen LogP) is 3.18. The Kier molecular flexibility index (Phi) is 3.56. The lowest BCUT2D eigenvalue weighted by molar-refractivity contribution is -0.274. The second-order valence-corrected chi connectivity index (χ2v) is 3.06. The van der Waals surface area contributed by atoms with Gasteiger partial charge >= 0.3 is 12.5 Å². The molecule has 0 heterocycles. The van der Waals surface area contributed by atoms with E-state index in [-0.39, 0.29) is 0 Å². The van der Waals surface area contributed by atoms with Crippen LogP contribution in [0.4, 0.5) is 26.3 Å². The van der Waals surface area contributed by atoms with Crippen LogP contribution in [0.2, 0.25) is 0 Å². The molecule has 0 bridgehead atoms. The summed E-state index contributed by atoms with van der Waals surface area (Å²) in [5.74, 6) is -0.657. The summed E-state index contributed by atoms with van der Waals surface area (Å²) >= 11 is 0. The molecule has 1 unspecified atom stereocenters. The Labute approximate surface area is 91.4 Å². The summed E-state index contributed by atoms with van der Waals surface area (Å²) in [6.45, 7) is 0. The van der Waals surface area contributed by atoms with E-state index >= 15 is 0 Å². The molecule has 0 aliphatic carbocycles. The Morgan fingerprint density at radius 1 is 0.941 bits per heavy atom. The number of halogens is 6. The average Bonchev–Trinajstić information content (AvgIpc) is 2.14. The van der Waals surface area contributed by atoms with Crippen molar-refractivity contribution in [2.75, 3.05) is 0 Å². The summed E-state index contributed by atoms with van der Waals surface area (Å²) in [4.78, 5) is 0. The Morgan fingerprint density at radius 2 is 1.41 bits per heavy atom. The van der Waals surface area contributed by atoms with Gasteiger partial charge in [-0.25, -0.2) is 0 Å². The molecule has 0 amide bonds. The number of ether oxygens (including phenoxy) is 1. The highest BCUT2D eigenvalue weighted by molar-refractivity contribution is 5.29. The largest absolute Gasteiger partial charge is 0.573 e. The van der Waals surface area contributed by atoms with E-state index in [0.717, 1.165) is 0 Å². The maximum absolute atomic E-state index is 12.0. The maximum Gasteiger partial charge on any atom is 0.573 e. The van der Waals surface area contributed by atoms with Crippen LogP contribution in [0.25, 0.3) is 0 Å². The molecule has 0 saturated carbocycles. The summed E-state index contributed by atoms with van der Waals surface area (Å²) in [6.07, 6.45) is -12.5. The van der Waals surface area contributed by atoms with E-state index in [1.807, 2.05) is 0 Å². The first-order valence-electron chi connectivity index (χ1n) is 4.20. The number of rotatable bonds is 2. The monoisotopic (exact) mass is 260 g/mol. The van der Waals surface area contributed by atoms with Gasteiger partial charge in [-0.3, -0.25) is 0 Å². The van der Waals surface area contributed by atoms with Crippen LogP contribution in [0.15, 0.2) is 24.3 Å². The van der Waals surface area contributed by atoms with E-state index in [9.17, 15) is 26.3 Å². The van der Waals surface area contributed by atoms with Crippen LogP contribution < -0.4 is 4.74 Å². The summed E-state index contributed by atoms with van der Waals surface area (Å²) in [6, 6.07) is 2.80. The first-order chi connectivity index (χ1) is 7.59. The minimum absolute atomic E-state index is 0.563. The molecule has 1 aromatic carbocycles. The van der Waals surface area contributed by atoms with Crippen LogP contribution in [0.5, 0.6) is 5.75 Å². The number of hydrogen-bond donors (Lipinski definition) is 1. The van der Waals surface area contributed by atoms with E-state index in [2.05, 4.69) is 4.74 Å². The van der Waals surface area contributed by atoms with Crippen molar-refractivity contribution in [2.45, 2.75) is 18.6 Å². The third-order valence-electron chi connectivity index (χ3n) is 1.74. The number of benzene rings is 1. The van der Waals surface area contributed by atoms with E-state index in [0.29, 0.717) is 24.3 Å². The van der Waals surface area contributed by atoms with E-state index < -0.39 is 30.0 Å². The molecule has 2 nitrogen and oxygen atoms in total. The van der Waals surface area contributed by atoms with Crippen LogP contribution in [0.3, 0.4) is 0 Å². The molecule has 0 saturated heterocycles. The predicted molar refractivity (Wildman–Crippen MR) is 44.1 cm³/mol. The molecule has 0 spiro atoms. The van der Waals surface area contributed by atoms with Gasteiger partial charge in [-0.1, -0.05) is 12.1 Å². The van der Waals surface area contributed by atoms with Gasteiger partial charge in [0.1, 0.15) is 5.75 Å². The van der Waals surface area contributed by atoms with E-state index in [1.165, 1.54) is 0 Å². The maximum atomic E-state index is 12.0. The standard InChI is InChI=1S/C9H6F6O2/c10-8(11,12)7(16)5-1-3-6(4-2-5)17-9(13,14)15/h1-4,7,16H. The van der Waals surface area contributed by atoms with Gasteiger partial charge in [-0.15, -0.1) is 13.2 Å². The molecule has 17 heavy (non-hydrogen) atoms. The van der Waals surface area contributed by atoms with Crippen molar-refractivity contribution in [1.29, 1.82) is 0 Å². The SMILES string of the molecule is OC(c1ccc(OC(F)(F)F)cc1)C(F)(F)F. The highest BCUT2D eigenvalue weighted by atomic mass is 19.4. The molecule has 0 aliphatic rings. The fourth-order valence-electron chi connectivity index (χ4n) is 1.04. The molecule has 0 radical (unpaired) electrons. The number of alkyl halides is 6. The number of aliphatic hydroxyl groups is 1. The fraction of sp³-hybridized carbons (Fsp3) is 0.333. The molecule has 1 N–H and O–H groups in total. The Balaban J connectivity index is 2.82. The van der Waals surface area contributed by atoms with Crippen molar-refractivity contribution >= 4 is 0 Å². The lowest BCUT2D eigenvalue weighted by Gasteiger charge is -2.15. The second kappa shape index (κ2) is 4.44. The number of aliphatic hydroxyl groups excluding tert-OH is 1. The quantitative estimate of drug-likeness (QED) is 0.827. The van der Waals surface area contributed by atoms with Crippen molar-refractivity contribution in [1.82, 2.24) is 0 Å². The fourth-order valence-corrected chi connectivity index (χ4v) is 1.04. The summed E-state index contributed by atoms with van der Waals surface area (Å²) in [7, 11) is 0. The Morgan fingerprint density at radius 3 is 1.76 bits per heavy atom. The average molecular weight is 260 g/mol. The summed E-state index contributed by atoms with van der Waals surface area (Å²) in [5.41, 5.74) is -0.563. The normalized spacial score (nSPS) is 14.5. The molecule has 0 aromatic heterocycles. The molecular formula is C9H6F6O2. The smallest absolute Gasteiger partial charge is 0.406 e. The van der Waals surface area contributed by atoms with Crippen molar-refractivity contribution in [3.8, 4) is 5.75 Å². The summed E-state index contributed by atoms with van der Waals surface area (Å²) in [5, 5.41) is 8.79. The molecule has 0 aliphatic heterocycles. The van der Waals surface area contributed by atoms with E-state index in [4.69, 9.17) is 5.11 Å². The molecule has 96 valence electrons. The third-order valence-corrected chi connectivity index (χ3v) is 1.74. The van der Waals surface area contributed by atoms with Gasteiger partial charge in [0.15, 0.2) is 6.10 Å². The molecular weight excluding hydrogens is 254 g/mol.